The molecule has 0 bridgehead atoms. The first-order valence-corrected chi connectivity index (χ1v) is 11.1. The van der Waals surface area contributed by atoms with Crippen molar-refractivity contribution in [2.45, 2.75) is 32.6 Å². The van der Waals surface area contributed by atoms with Crippen LogP contribution < -0.4 is 15.5 Å². The van der Waals surface area contributed by atoms with Crippen LogP contribution in [0.25, 0.3) is 21.8 Å². The van der Waals surface area contributed by atoms with Crippen molar-refractivity contribution >= 4 is 39.1 Å². The van der Waals surface area contributed by atoms with Gasteiger partial charge < -0.3 is 15.5 Å². The van der Waals surface area contributed by atoms with Crippen molar-refractivity contribution in [3.05, 3.63) is 53.9 Å². The van der Waals surface area contributed by atoms with E-state index < -0.39 is 18.4 Å². The first-order chi connectivity index (χ1) is 16.3. The molecule has 5 rings (SSSR count). The molecule has 2 N–H and O–H groups in total. The third-order valence-corrected chi connectivity index (χ3v) is 5.97. The van der Waals surface area contributed by atoms with E-state index in [4.69, 9.17) is 0 Å². The molecule has 1 fully saturated rings. The number of rotatable bonds is 4. The molecular weight excluding hydrogens is 440 g/mol. The topological polar surface area (TPSA) is 88.0 Å². The number of nitrogens with zero attached hydrogens (tertiary/aromatic N) is 5. The number of fused-ring (bicyclic) bond motifs is 2. The van der Waals surface area contributed by atoms with E-state index in [0.717, 1.165) is 18.8 Å². The number of alkyl halides is 1. The zero-order chi connectivity index (χ0) is 24.0. The van der Waals surface area contributed by atoms with Crippen molar-refractivity contribution in [1.82, 2.24) is 25.1 Å². The van der Waals surface area contributed by atoms with Crippen LogP contribution >= 0.6 is 0 Å². The van der Waals surface area contributed by atoms with Crippen molar-refractivity contribution < 1.29 is 13.6 Å². The summed E-state index contributed by atoms with van der Waals surface area (Å²) < 4.78 is 29.4. The van der Waals surface area contributed by atoms with Gasteiger partial charge in [-0.15, -0.1) is 0 Å². The average Bonchev–Trinajstić information content (AvgIpc) is 3.18. The van der Waals surface area contributed by atoms with Gasteiger partial charge in [-0.05, 0) is 38.1 Å². The maximum atomic E-state index is 14.5. The number of nitrogens with one attached hydrogen (secondary N) is 2. The Labute approximate surface area is 195 Å². The summed E-state index contributed by atoms with van der Waals surface area (Å²) in [5, 5.41) is 11.6. The number of halogens is 2. The Bertz CT molecular complexity index is 1390. The minimum atomic E-state index is -0.841. The number of piperazine rings is 1. The Balaban J connectivity index is 1.54. The molecule has 4 aromatic rings. The second kappa shape index (κ2) is 8.60. The zero-order valence-corrected chi connectivity index (χ0v) is 19.1. The number of carbonyl (C=O) groups is 1. The van der Waals surface area contributed by atoms with E-state index in [-0.39, 0.29) is 29.0 Å². The molecule has 8 nitrogen and oxygen atoms in total. The lowest BCUT2D eigenvalue weighted by atomic mass is 10.0. The summed E-state index contributed by atoms with van der Waals surface area (Å²) >= 11 is 0. The Hall–Kier alpha value is -3.66. The van der Waals surface area contributed by atoms with Crippen LogP contribution in [0.15, 0.2) is 36.7 Å². The van der Waals surface area contributed by atoms with E-state index in [1.54, 1.807) is 31.6 Å². The highest BCUT2D eigenvalue weighted by Gasteiger charge is 2.24. The van der Waals surface area contributed by atoms with Gasteiger partial charge in [0.1, 0.15) is 12.2 Å². The summed E-state index contributed by atoms with van der Waals surface area (Å²) in [5.74, 6) is -0.995. The molecule has 0 unspecified atom stereocenters. The van der Waals surface area contributed by atoms with Crippen LogP contribution in [-0.4, -0.2) is 50.8 Å². The fourth-order valence-corrected chi connectivity index (χ4v) is 4.67. The van der Waals surface area contributed by atoms with Gasteiger partial charge in [0.2, 0.25) is 0 Å². The molecule has 0 aliphatic carbocycles. The van der Waals surface area contributed by atoms with Gasteiger partial charge in [-0.1, -0.05) is 0 Å². The molecule has 2 aromatic carbocycles. The second-order valence-electron chi connectivity index (χ2n) is 8.84. The van der Waals surface area contributed by atoms with Crippen LogP contribution in [0.3, 0.4) is 0 Å². The lowest BCUT2D eigenvalue weighted by Gasteiger charge is -2.38. The predicted octanol–water partition coefficient (Wildman–Crippen LogP) is 3.56. The summed E-state index contributed by atoms with van der Waals surface area (Å²) in [6.07, 6.45) is 3.25. The maximum absolute atomic E-state index is 14.5. The summed E-state index contributed by atoms with van der Waals surface area (Å²) in [4.78, 5) is 23.9. The fourth-order valence-electron chi connectivity index (χ4n) is 4.67. The Morgan fingerprint density at radius 3 is 2.71 bits per heavy atom. The summed E-state index contributed by atoms with van der Waals surface area (Å²) in [7, 11) is 1.70. The number of hydrogen-bond donors (Lipinski definition) is 2. The molecule has 1 saturated heterocycles. The van der Waals surface area contributed by atoms with Gasteiger partial charge in [0.25, 0.3) is 5.91 Å². The first kappa shape index (κ1) is 22.1. The number of aryl methyl sites for hydroxylation is 1. The van der Waals surface area contributed by atoms with Crippen molar-refractivity contribution in [2.75, 3.05) is 23.3 Å². The van der Waals surface area contributed by atoms with E-state index >= 15 is 0 Å². The smallest absolute Gasteiger partial charge is 0.257 e. The molecule has 1 amide bonds. The number of carbonyl (C=O) groups excluding carboxylic acids is 1. The Morgan fingerprint density at radius 1 is 1.21 bits per heavy atom. The van der Waals surface area contributed by atoms with Crippen LogP contribution in [0, 0.1) is 5.82 Å². The maximum Gasteiger partial charge on any atom is 0.257 e. The lowest BCUT2D eigenvalue weighted by Crippen LogP contribution is -2.54. The lowest BCUT2D eigenvalue weighted by molar-refractivity contribution is 0.102. The van der Waals surface area contributed by atoms with Crippen molar-refractivity contribution in [2.24, 2.45) is 7.05 Å². The van der Waals surface area contributed by atoms with Gasteiger partial charge >= 0.3 is 0 Å². The third kappa shape index (κ3) is 4.05. The summed E-state index contributed by atoms with van der Waals surface area (Å²) in [5.41, 5.74) is 2.04. The van der Waals surface area contributed by atoms with Gasteiger partial charge in [0, 0.05) is 66.8 Å². The molecule has 0 saturated carbocycles. The van der Waals surface area contributed by atoms with Crippen LogP contribution in [0.4, 0.5) is 20.2 Å². The van der Waals surface area contributed by atoms with E-state index in [9.17, 15) is 13.6 Å². The van der Waals surface area contributed by atoms with Gasteiger partial charge in [0.05, 0.1) is 11.1 Å². The molecule has 10 heteroatoms. The molecule has 176 valence electrons. The normalized spacial score (nSPS) is 18.6. The fraction of sp³-hybridized carbons (Fsp3) is 0.333. The van der Waals surface area contributed by atoms with Crippen LogP contribution in [0.1, 0.15) is 30.0 Å². The van der Waals surface area contributed by atoms with E-state index in [1.165, 1.54) is 10.7 Å². The number of amides is 1. The average molecular weight is 466 g/mol. The standard InChI is InChI=1S/C24H25F2N7O/c1-13-10-33(11-14(2)28-13)20-5-4-17(23-18(20)9-27-21(8-25)30-23)24(34)29-16-6-15-12-32(3)31-22(15)19(26)7-16/h4-7,9,12-14,28H,8,10-11H2,1-3H3,(H,29,34)/t13-,14-/m0/s1. The van der Waals surface area contributed by atoms with Gasteiger partial charge in [-0.2, -0.15) is 5.10 Å². The zero-order valence-electron chi connectivity index (χ0n) is 19.1. The quantitative estimate of drug-likeness (QED) is 0.479. The summed E-state index contributed by atoms with van der Waals surface area (Å²) in [6.45, 7) is 4.94. The highest BCUT2D eigenvalue weighted by molar-refractivity contribution is 6.14. The highest BCUT2D eigenvalue weighted by Crippen LogP contribution is 2.30. The molecule has 2 aromatic heterocycles. The number of benzene rings is 2. The third-order valence-electron chi connectivity index (χ3n) is 5.97. The van der Waals surface area contributed by atoms with Crippen molar-refractivity contribution in [3.63, 3.8) is 0 Å². The SMILES string of the molecule is C[C@H]1CN(c2ccc(C(=O)Nc3cc(F)c4nn(C)cc4c3)c3nc(CF)ncc23)C[C@H](C)N1. The molecule has 0 spiro atoms. The molecule has 2 atom stereocenters. The van der Waals surface area contributed by atoms with Crippen LogP contribution in [0.5, 0.6) is 0 Å². The van der Waals surface area contributed by atoms with Crippen molar-refractivity contribution in [1.29, 1.82) is 0 Å². The Kier molecular flexibility index (Phi) is 5.60. The molecule has 34 heavy (non-hydrogen) atoms. The van der Waals surface area contributed by atoms with Crippen molar-refractivity contribution in [3.8, 4) is 0 Å². The molecule has 1 aliphatic heterocycles. The van der Waals surface area contributed by atoms with Crippen LogP contribution in [-0.2, 0) is 13.7 Å². The van der Waals surface area contributed by atoms with Gasteiger partial charge in [-0.25, -0.2) is 18.7 Å². The number of hydrogen-bond acceptors (Lipinski definition) is 6. The van der Waals surface area contributed by atoms with Gasteiger partial charge in [-0.3, -0.25) is 9.48 Å². The first-order valence-electron chi connectivity index (χ1n) is 11.1. The minimum absolute atomic E-state index is 0.00331. The second-order valence-corrected chi connectivity index (χ2v) is 8.84. The molecule has 1 aliphatic rings. The molecule has 3 heterocycles. The Morgan fingerprint density at radius 2 is 1.97 bits per heavy atom. The predicted molar refractivity (Wildman–Crippen MR) is 127 cm³/mol. The molecule has 0 radical (unpaired) electrons. The van der Waals surface area contributed by atoms with E-state index in [1.807, 2.05) is 6.07 Å². The van der Waals surface area contributed by atoms with E-state index in [2.05, 4.69) is 44.4 Å². The number of aromatic nitrogens is 4. The largest absolute Gasteiger partial charge is 0.368 e. The minimum Gasteiger partial charge on any atom is -0.368 e. The summed E-state index contributed by atoms with van der Waals surface area (Å²) in [6, 6.07) is 7.00. The van der Waals surface area contributed by atoms with Gasteiger partial charge in [0.15, 0.2) is 11.6 Å². The van der Waals surface area contributed by atoms with Crippen LogP contribution in [0.2, 0.25) is 0 Å². The molecular formula is C24H25F2N7O. The van der Waals surface area contributed by atoms with E-state index in [0.29, 0.717) is 22.0 Å². The number of anilines is 2. The monoisotopic (exact) mass is 465 g/mol. The highest BCUT2D eigenvalue weighted by atomic mass is 19.1.